The van der Waals surface area contributed by atoms with Crippen LogP contribution in [0.3, 0.4) is 0 Å². The molecule has 1 aliphatic heterocycles. The maximum Gasteiger partial charge on any atom is 0.268 e. The van der Waals surface area contributed by atoms with Gasteiger partial charge in [0.15, 0.2) is 0 Å². The Hall–Kier alpha value is -2.21. The Morgan fingerprint density at radius 3 is 2.60 bits per heavy atom. The van der Waals surface area contributed by atoms with Crippen LogP contribution in [0.1, 0.15) is 0 Å². The van der Waals surface area contributed by atoms with Crippen LogP contribution in [0, 0.1) is 0 Å². The van der Waals surface area contributed by atoms with Crippen LogP contribution in [0.5, 0.6) is 5.75 Å². The molecule has 0 aliphatic carbocycles. The van der Waals surface area contributed by atoms with Gasteiger partial charge < -0.3 is 10.1 Å². The number of methoxy groups -OCH3 is 1. The van der Waals surface area contributed by atoms with Gasteiger partial charge in [-0.1, -0.05) is 24.3 Å². The molecule has 1 heterocycles. The maximum absolute atomic E-state index is 12.7. The van der Waals surface area contributed by atoms with E-state index in [0.29, 0.717) is 17.1 Å². The van der Waals surface area contributed by atoms with E-state index in [2.05, 4.69) is 5.32 Å². The van der Waals surface area contributed by atoms with Crippen molar-refractivity contribution in [3.63, 3.8) is 0 Å². The number of sulfonamides is 1. The lowest BCUT2D eigenvalue weighted by molar-refractivity contribution is 0.415. The Kier molecular flexibility index (Phi) is 3.02. The van der Waals surface area contributed by atoms with Gasteiger partial charge in [0.2, 0.25) is 0 Å². The maximum atomic E-state index is 12.7. The number of anilines is 2. The van der Waals surface area contributed by atoms with Gasteiger partial charge in [-0.2, -0.15) is 0 Å². The monoisotopic (exact) mass is 290 g/mol. The lowest BCUT2D eigenvalue weighted by Gasteiger charge is -2.31. The summed E-state index contributed by atoms with van der Waals surface area (Å²) in [5.41, 5.74) is 1.15. The van der Waals surface area contributed by atoms with E-state index >= 15 is 0 Å². The van der Waals surface area contributed by atoms with Crippen LogP contribution in [0.2, 0.25) is 0 Å². The molecule has 0 amide bonds. The van der Waals surface area contributed by atoms with Crippen LogP contribution in [0.15, 0.2) is 53.4 Å². The Morgan fingerprint density at radius 1 is 1.10 bits per heavy atom. The third-order valence-electron chi connectivity index (χ3n) is 3.22. The summed E-state index contributed by atoms with van der Waals surface area (Å²) in [6, 6.07) is 13.9. The third kappa shape index (κ3) is 1.89. The van der Waals surface area contributed by atoms with Crippen molar-refractivity contribution in [3.05, 3.63) is 48.5 Å². The molecule has 0 saturated carbocycles. The van der Waals surface area contributed by atoms with Gasteiger partial charge in [-0.25, -0.2) is 12.7 Å². The van der Waals surface area contributed by atoms with Crippen LogP contribution in [0.4, 0.5) is 11.4 Å². The van der Waals surface area contributed by atoms with Crippen molar-refractivity contribution < 1.29 is 13.2 Å². The van der Waals surface area contributed by atoms with Crippen molar-refractivity contribution >= 4 is 21.4 Å². The third-order valence-corrected chi connectivity index (χ3v) is 5.04. The average Bonchev–Trinajstić information content (AvgIpc) is 2.47. The lowest BCUT2D eigenvalue weighted by Crippen LogP contribution is -2.39. The molecule has 1 aliphatic rings. The highest BCUT2D eigenvalue weighted by atomic mass is 32.2. The van der Waals surface area contributed by atoms with Crippen molar-refractivity contribution in [1.29, 1.82) is 0 Å². The quantitative estimate of drug-likeness (QED) is 0.922. The van der Waals surface area contributed by atoms with E-state index in [1.165, 1.54) is 11.4 Å². The summed E-state index contributed by atoms with van der Waals surface area (Å²) < 4.78 is 32.0. The van der Waals surface area contributed by atoms with Crippen molar-refractivity contribution in [2.45, 2.75) is 4.90 Å². The van der Waals surface area contributed by atoms with E-state index in [4.69, 9.17) is 4.74 Å². The summed E-state index contributed by atoms with van der Waals surface area (Å²) in [6.45, 7) is 0.180. The Labute approximate surface area is 117 Å². The molecule has 0 aromatic heterocycles. The zero-order valence-corrected chi connectivity index (χ0v) is 11.7. The fourth-order valence-electron chi connectivity index (χ4n) is 2.25. The van der Waals surface area contributed by atoms with Gasteiger partial charge >= 0.3 is 0 Å². The van der Waals surface area contributed by atoms with Gasteiger partial charge in [-0.3, -0.25) is 0 Å². The fourth-order valence-corrected chi connectivity index (χ4v) is 3.80. The van der Waals surface area contributed by atoms with Crippen LogP contribution >= 0.6 is 0 Å². The largest absolute Gasteiger partial charge is 0.495 e. The molecule has 6 heteroatoms. The predicted molar refractivity (Wildman–Crippen MR) is 77.6 cm³/mol. The first-order valence-corrected chi connectivity index (χ1v) is 7.57. The number of fused-ring (bicyclic) bond motifs is 1. The standard InChI is InChI=1S/C14H14N2O3S/c1-19-13-8-4-3-7-12(13)16-10-15-11-6-2-5-9-14(11)20(16,17)18/h2-9,15H,10H2,1H3. The summed E-state index contributed by atoms with van der Waals surface area (Å²) in [4.78, 5) is 0.275. The molecular weight excluding hydrogens is 276 g/mol. The molecule has 5 nitrogen and oxygen atoms in total. The molecule has 0 fully saturated rings. The Morgan fingerprint density at radius 2 is 1.80 bits per heavy atom. The molecule has 2 aromatic carbocycles. The number of hydrogen-bond donors (Lipinski definition) is 1. The first-order chi connectivity index (χ1) is 9.64. The highest BCUT2D eigenvalue weighted by Gasteiger charge is 2.32. The van der Waals surface area contributed by atoms with E-state index in [1.807, 2.05) is 0 Å². The van der Waals surface area contributed by atoms with Crippen LogP contribution < -0.4 is 14.4 Å². The number of ether oxygens (including phenoxy) is 1. The number of hydrogen-bond acceptors (Lipinski definition) is 4. The number of benzene rings is 2. The second-order valence-electron chi connectivity index (χ2n) is 4.36. The first-order valence-electron chi connectivity index (χ1n) is 6.13. The highest BCUT2D eigenvalue weighted by molar-refractivity contribution is 7.93. The molecule has 0 spiro atoms. The van der Waals surface area contributed by atoms with E-state index in [9.17, 15) is 8.42 Å². The summed E-state index contributed by atoms with van der Waals surface area (Å²) in [6.07, 6.45) is 0. The van der Waals surface area contributed by atoms with E-state index < -0.39 is 10.0 Å². The normalized spacial score (nSPS) is 16.1. The second kappa shape index (κ2) is 4.72. The molecule has 0 unspecified atom stereocenters. The molecular formula is C14H14N2O3S. The minimum Gasteiger partial charge on any atom is -0.495 e. The summed E-state index contributed by atoms with van der Waals surface area (Å²) in [5, 5.41) is 3.11. The summed E-state index contributed by atoms with van der Waals surface area (Å²) >= 11 is 0. The summed E-state index contributed by atoms with van der Waals surface area (Å²) in [7, 11) is -2.05. The minimum atomic E-state index is -3.58. The SMILES string of the molecule is COc1ccccc1N1CNc2ccccc2S1(=O)=O. The number of nitrogens with one attached hydrogen (secondary N) is 1. The molecule has 0 radical (unpaired) electrons. The number of para-hydroxylation sites is 3. The van der Waals surface area contributed by atoms with Crippen LogP contribution in [-0.2, 0) is 10.0 Å². The average molecular weight is 290 g/mol. The van der Waals surface area contributed by atoms with E-state index in [1.54, 1.807) is 48.5 Å². The smallest absolute Gasteiger partial charge is 0.268 e. The molecule has 104 valence electrons. The Bertz CT molecular complexity index is 744. The van der Waals surface area contributed by atoms with Gasteiger partial charge in [0.05, 0.1) is 18.5 Å². The highest BCUT2D eigenvalue weighted by Crippen LogP contribution is 2.36. The fraction of sp³-hybridized carbons (Fsp3) is 0.143. The first kappa shape index (κ1) is 12.8. The predicted octanol–water partition coefficient (Wildman–Crippen LogP) is 2.27. The van der Waals surface area contributed by atoms with Gasteiger partial charge in [0, 0.05) is 0 Å². The van der Waals surface area contributed by atoms with E-state index in [-0.39, 0.29) is 11.6 Å². The van der Waals surface area contributed by atoms with Crippen molar-refractivity contribution in [1.82, 2.24) is 0 Å². The lowest BCUT2D eigenvalue weighted by atomic mass is 10.3. The van der Waals surface area contributed by atoms with Crippen LogP contribution in [-0.4, -0.2) is 22.2 Å². The molecule has 20 heavy (non-hydrogen) atoms. The minimum absolute atomic E-state index is 0.180. The second-order valence-corrected chi connectivity index (χ2v) is 6.19. The molecule has 3 rings (SSSR count). The Balaban J connectivity index is 2.14. The molecule has 0 bridgehead atoms. The van der Waals surface area contributed by atoms with Crippen molar-refractivity contribution in [2.24, 2.45) is 0 Å². The molecule has 0 atom stereocenters. The molecule has 1 N–H and O–H groups in total. The number of rotatable bonds is 2. The van der Waals surface area contributed by atoms with Gasteiger partial charge in [-0.15, -0.1) is 0 Å². The van der Waals surface area contributed by atoms with E-state index in [0.717, 1.165) is 0 Å². The van der Waals surface area contributed by atoms with Crippen molar-refractivity contribution in [2.75, 3.05) is 23.4 Å². The van der Waals surface area contributed by atoms with Gasteiger partial charge in [0.1, 0.15) is 17.3 Å². The van der Waals surface area contributed by atoms with Gasteiger partial charge in [-0.05, 0) is 24.3 Å². The topological polar surface area (TPSA) is 58.6 Å². The molecule has 2 aromatic rings. The number of nitrogens with zero attached hydrogens (tertiary/aromatic N) is 1. The zero-order valence-electron chi connectivity index (χ0n) is 10.9. The zero-order chi connectivity index (χ0) is 14.2. The molecule has 0 saturated heterocycles. The summed E-state index contributed by atoms with van der Waals surface area (Å²) in [5.74, 6) is 0.525. The van der Waals surface area contributed by atoms with Crippen LogP contribution in [0.25, 0.3) is 0 Å². The van der Waals surface area contributed by atoms with Gasteiger partial charge in [0.25, 0.3) is 10.0 Å². The van der Waals surface area contributed by atoms with Crippen molar-refractivity contribution in [3.8, 4) is 5.75 Å².